The molecule has 10 heteroatoms. The van der Waals surface area contributed by atoms with Crippen molar-refractivity contribution in [1.82, 2.24) is 29.6 Å². The Kier molecular flexibility index (Phi) is 6.45. The third-order valence-electron chi connectivity index (χ3n) is 7.51. The summed E-state index contributed by atoms with van der Waals surface area (Å²) in [5, 5.41) is 11.7. The quantitative estimate of drug-likeness (QED) is 0.295. The van der Waals surface area contributed by atoms with Crippen LogP contribution in [0.2, 0.25) is 10.2 Å². The third-order valence-corrected chi connectivity index (χ3v) is 8.01. The lowest BCUT2D eigenvalue weighted by Gasteiger charge is -2.29. The summed E-state index contributed by atoms with van der Waals surface area (Å²) < 4.78 is 3.62. The number of nitrogens with zero attached hydrogens (tertiary/aromatic N) is 4. The van der Waals surface area contributed by atoms with Gasteiger partial charge in [0.15, 0.2) is 5.15 Å². The molecule has 38 heavy (non-hydrogen) atoms. The zero-order valence-corrected chi connectivity index (χ0v) is 22.3. The highest BCUT2D eigenvalue weighted by molar-refractivity contribution is 6.34. The number of imidazole rings is 1. The standard InChI is InChI=1S/C28H26Cl2N6O2/c1-16-21(12-18(29)14-31-16)27(37)32-19-8-6-17(7-9-19)15-35-24-4-2-3-5-25(24)36(28(35)38)20-10-11-23-22(13-20)26(30)34-33-23/h2-5,10-14,17,19H,6-9,15H2,1H3,(H,32,37)(H,33,34)/t17-,19-. The van der Waals surface area contributed by atoms with Crippen molar-refractivity contribution in [2.45, 2.75) is 45.2 Å². The Balaban J connectivity index is 1.21. The van der Waals surface area contributed by atoms with Gasteiger partial charge in [0.2, 0.25) is 0 Å². The van der Waals surface area contributed by atoms with Crippen LogP contribution in [0.5, 0.6) is 0 Å². The number of H-pyrrole nitrogens is 1. The van der Waals surface area contributed by atoms with Crippen molar-refractivity contribution in [2.75, 3.05) is 0 Å². The van der Waals surface area contributed by atoms with Crippen molar-refractivity contribution < 1.29 is 4.79 Å². The Morgan fingerprint density at radius 1 is 1.08 bits per heavy atom. The molecule has 2 N–H and O–H groups in total. The number of nitrogens with one attached hydrogen (secondary N) is 2. The van der Waals surface area contributed by atoms with E-state index in [9.17, 15) is 9.59 Å². The molecular weight excluding hydrogens is 523 g/mol. The van der Waals surface area contributed by atoms with E-state index in [2.05, 4.69) is 20.5 Å². The van der Waals surface area contributed by atoms with Crippen molar-refractivity contribution in [3.05, 3.63) is 86.6 Å². The van der Waals surface area contributed by atoms with E-state index in [4.69, 9.17) is 23.2 Å². The lowest BCUT2D eigenvalue weighted by atomic mass is 9.85. The summed E-state index contributed by atoms with van der Waals surface area (Å²) in [6, 6.07) is 15.3. The second-order valence-corrected chi connectivity index (χ2v) is 10.7. The molecule has 3 heterocycles. The smallest absolute Gasteiger partial charge is 0.333 e. The predicted octanol–water partition coefficient (Wildman–Crippen LogP) is 5.67. The maximum absolute atomic E-state index is 13.7. The van der Waals surface area contributed by atoms with Gasteiger partial charge in [-0.2, -0.15) is 5.10 Å². The minimum atomic E-state index is -0.144. The number of aromatic nitrogens is 5. The van der Waals surface area contributed by atoms with Gasteiger partial charge in [-0.1, -0.05) is 35.3 Å². The number of hydrogen-bond acceptors (Lipinski definition) is 4. The number of rotatable bonds is 5. The van der Waals surface area contributed by atoms with E-state index in [-0.39, 0.29) is 17.6 Å². The molecule has 0 aliphatic heterocycles. The average Bonchev–Trinajstić information content (AvgIpc) is 3.43. The Bertz CT molecular complexity index is 1730. The predicted molar refractivity (Wildman–Crippen MR) is 149 cm³/mol. The van der Waals surface area contributed by atoms with Gasteiger partial charge in [-0.05, 0) is 74.9 Å². The number of pyridine rings is 1. The van der Waals surface area contributed by atoms with Gasteiger partial charge in [-0.15, -0.1) is 0 Å². The van der Waals surface area contributed by atoms with E-state index >= 15 is 0 Å². The number of amides is 1. The zero-order chi connectivity index (χ0) is 26.4. The number of fused-ring (bicyclic) bond motifs is 2. The third kappa shape index (κ3) is 4.48. The Morgan fingerprint density at radius 3 is 2.63 bits per heavy atom. The number of aryl methyl sites for hydroxylation is 1. The van der Waals surface area contributed by atoms with Gasteiger partial charge in [0.25, 0.3) is 5.91 Å². The molecule has 1 saturated carbocycles. The Morgan fingerprint density at radius 2 is 1.84 bits per heavy atom. The molecule has 0 unspecified atom stereocenters. The fourth-order valence-corrected chi connectivity index (χ4v) is 5.85. The fourth-order valence-electron chi connectivity index (χ4n) is 5.49. The van der Waals surface area contributed by atoms with E-state index in [1.165, 1.54) is 0 Å². The molecule has 5 aromatic rings. The van der Waals surface area contributed by atoms with E-state index in [0.29, 0.717) is 33.9 Å². The molecule has 1 amide bonds. The molecule has 8 nitrogen and oxygen atoms in total. The van der Waals surface area contributed by atoms with Crippen molar-refractivity contribution in [3.8, 4) is 5.69 Å². The number of carbonyl (C=O) groups is 1. The molecule has 3 aromatic heterocycles. The Labute approximate surface area is 228 Å². The highest BCUT2D eigenvalue weighted by Gasteiger charge is 2.26. The normalized spacial score (nSPS) is 17.8. The van der Waals surface area contributed by atoms with E-state index in [1.54, 1.807) is 23.8 Å². The zero-order valence-electron chi connectivity index (χ0n) is 20.7. The van der Waals surface area contributed by atoms with Crippen LogP contribution in [-0.2, 0) is 6.54 Å². The van der Waals surface area contributed by atoms with Crippen molar-refractivity contribution in [1.29, 1.82) is 0 Å². The number of aromatic amines is 1. The number of hydrogen-bond donors (Lipinski definition) is 2. The minimum Gasteiger partial charge on any atom is -0.349 e. The molecule has 1 aliphatic rings. The SMILES string of the molecule is Cc1ncc(Cl)cc1C(=O)N[C@H]1CC[C@H](Cn2c(=O)n(-c3ccc4[nH]nc(Cl)c4c3)c3ccccc32)CC1. The minimum absolute atomic E-state index is 0.0791. The van der Waals surface area contributed by atoms with E-state index < -0.39 is 0 Å². The molecule has 0 bridgehead atoms. The lowest BCUT2D eigenvalue weighted by molar-refractivity contribution is 0.0919. The van der Waals surface area contributed by atoms with Crippen LogP contribution in [0.4, 0.5) is 0 Å². The van der Waals surface area contributed by atoms with Gasteiger partial charge < -0.3 is 5.32 Å². The van der Waals surface area contributed by atoms with Crippen LogP contribution in [0.1, 0.15) is 41.7 Å². The Hall–Kier alpha value is -3.62. The topological polar surface area (TPSA) is 97.6 Å². The summed E-state index contributed by atoms with van der Waals surface area (Å²) >= 11 is 12.3. The molecule has 0 radical (unpaired) electrons. The highest BCUT2D eigenvalue weighted by Crippen LogP contribution is 2.29. The van der Waals surface area contributed by atoms with Gasteiger partial charge in [-0.25, -0.2) is 4.79 Å². The van der Waals surface area contributed by atoms with Crippen molar-refractivity contribution >= 4 is 51.0 Å². The first-order chi connectivity index (χ1) is 18.4. The molecule has 194 valence electrons. The van der Waals surface area contributed by atoms with Crippen LogP contribution < -0.4 is 11.0 Å². The maximum Gasteiger partial charge on any atom is 0.333 e. The average molecular weight is 549 g/mol. The fraction of sp³-hybridized carbons (Fsp3) is 0.286. The van der Waals surface area contributed by atoms with Crippen molar-refractivity contribution in [3.63, 3.8) is 0 Å². The summed E-state index contributed by atoms with van der Waals surface area (Å²) in [6.45, 7) is 2.43. The van der Waals surface area contributed by atoms with Crippen LogP contribution in [0.15, 0.2) is 59.5 Å². The first kappa shape index (κ1) is 24.7. The molecule has 1 aliphatic carbocycles. The van der Waals surface area contributed by atoms with Crippen LogP contribution >= 0.6 is 23.2 Å². The summed E-state index contributed by atoms with van der Waals surface area (Å²) in [5.74, 6) is 0.190. The molecular formula is C28H26Cl2N6O2. The van der Waals surface area contributed by atoms with Gasteiger partial charge in [0.05, 0.1) is 38.5 Å². The first-order valence-corrected chi connectivity index (χ1v) is 13.4. The van der Waals surface area contributed by atoms with Gasteiger partial charge in [0, 0.05) is 24.2 Å². The van der Waals surface area contributed by atoms with Crippen molar-refractivity contribution in [2.24, 2.45) is 5.92 Å². The largest absolute Gasteiger partial charge is 0.349 e. The summed E-state index contributed by atoms with van der Waals surface area (Å²) in [7, 11) is 0. The number of halogens is 2. The van der Waals surface area contributed by atoms with Crippen LogP contribution in [0.3, 0.4) is 0 Å². The molecule has 6 rings (SSSR count). The van der Waals surface area contributed by atoms with E-state index in [1.807, 2.05) is 47.0 Å². The molecule has 0 atom stereocenters. The summed E-state index contributed by atoms with van der Waals surface area (Å²) in [6.07, 6.45) is 5.09. The van der Waals surface area contributed by atoms with Crippen LogP contribution in [-0.4, -0.2) is 36.3 Å². The molecule has 0 spiro atoms. The first-order valence-electron chi connectivity index (χ1n) is 12.7. The van der Waals surface area contributed by atoms with Crippen LogP contribution in [0, 0.1) is 12.8 Å². The molecule has 0 saturated heterocycles. The second-order valence-electron chi connectivity index (χ2n) is 9.94. The number of benzene rings is 2. The van der Waals surface area contributed by atoms with Crippen LogP contribution in [0.25, 0.3) is 27.6 Å². The maximum atomic E-state index is 13.7. The summed E-state index contributed by atoms with van der Waals surface area (Å²) in [5.41, 5.74) is 4.40. The molecule has 1 fully saturated rings. The monoisotopic (exact) mass is 548 g/mol. The van der Waals surface area contributed by atoms with Gasteiger partial charge in [0.1, 0.15) is 0 Å². The highest BCUT2D eigenvalue weighted by atomic mass is 35.5. The number of para-hydroxylation sites is 2. The molecule has 2 aromatic carbocycles. The number of carbonyl (C=O) groups excluding carboxylic acids is 1. The van der Waals surface area contributed by atoms with Gasteiger partial charge >= 0.3 is 5.69 Å². The van der Waals surface area contributed by atoms with Gasteiger partial charge in [-0.3, -0.25) is 24.0 Å². The summed E-state index contributed by atoms with van der Waals surface area (Å²) in [4.78, 5) is 30.7. The second kappa shape index (κ2) is 9.93. The van der Waals surface area contributed by atoms with E-state index in [0.717, 1.165) is 53.3 Å². The lowest BCUT2D eigenvalue weighted by Crippen LogP contribution is -2.39.